The second kappa shape index (κ2) is 9.72. The fourth-order valence-electron chi connectivity index (χ4n) is 3.92. The molecule has 0 spiro atoms. The van der Waals surface area contributed by atoms with Gasteiger partial charge in [-0.15, -0.1) is 0 Å². The van der Waals surface area contributed by atoms with Gasteiger partial charge < -0.3 is 4.74 Å². The average molecular weight is 328 g/mol. The third-order valence-electron chi connectivity index (χ3n) is 5.54. The molecule has 132 valence electrons. The van der Waals surface area contributed by atoms with Crippen molar-refractivity contribution in [1.29, 1.82) is 5.26 Å². The predicted octanol–water partition coefficient (Wildman–Crippen LogP) is 6.40. The minimum Gasteiger partial charge on any atom is -0.494 e. The van der Waals surface area contributed by atoms with Gasteiger partial charge in [0.25, 0.3) is 0 Å². The highest BCUT2D eigenvalue weighted by Crippen LogP contribution is 2.42. The molecule has 0 aliphatic heterocycles. The number of hydrogen-bond donors (Lipinski definition) is 0. The van der Waals surface area contributed by atoms with E-state index in [0.717, 1.165) is 37.5 Å². The molecule has 1 aromatic carbocycles. The highest BCUT2D eigenvalue weighted by Gasteiger charge is 2.36. The topological polar surface area (TPSA) is 33.0 Å². The van der Waals surface area contributed by atoms with Gasteiger partial charge in [0.05, 0.1) is 18.1 Å². The maximum Gasteiger partial charge on any atom is 0.119 e. The first kappa shape index (κ1) is 18.8. The SMILES string of the molecule is CCCCCCOc1ccc(C2(C#N)CCC(CCC)CC2)cc1. The molecule has 0 bridgehead atoms. The maximum atomic E-state index is 9.82. The lowest BCUT2D eigenvalue weighted by Gasteiger charge is -2.35. The van der Waals surface area contributed by atoms with Crippen LogP contribution in [-0.4, -0.2) is 6.61 Å². The molecule has 0 radical (unpaired) electrons. The Kier molecular flexibility index (Phi) is 7.63. The van der Waals surface area contributed by atoms with Crippen molar-refractivity contribution in [2.45, 2.75) is 83.5 Å². The fraction of sp³-hybridized carbons (Fsp3) is 0.682. The first-order chi connectivity index (χ1) is 11.7. The molecule has 0 atom stereocenters. The molecule has 1 fully saturated rings. The van der Waals surface area contributed by atoms with Crippen LogP contribution >= 0.6 is 0 Å². The molecule has 1 aliphatic carbocycles. The number of hydrogen-bond acceptors (Lipinski definition) is 2. The van der Waals surface area contributed by atoms with Crippen LogP contribution in [0.2, 0.25) is 0 Å². The van der Waals surface area contributed by atoms with Crippen LogP contribution in [0.5, 0.6) is 5.75 Å². The second-order valence-electron chi connectivity index (χ2n) is 7.36. The van der Waals surface area contributed by atoms with E-state index in [9.17, 15) is 5.26 Å². The van der Waals surface area contributed by atoms with E-state index in [1.54, 1.807) is 0 Å². The number of rotatable bonds is 9. The summed E-state index contributed by atoms with van der Waals surface area (Å²) in [6, 6.07) is 11.0. The first-order valence-corrected chi connectivity index (χ1v) is 9.88. The summed E-state index contributed by atoms with van der Waals surface area (Å²) >= 11 is 0. The lowest BCUT2D eigenvalue weighted by Crippen LogP contribution is -2.30. The van der Waals surface area contributed by atoms with Crippen molar-refractivity contribution in [1.82, 2.24) is 0 Å². The van der Waals surface area contributed by atoms with Crippen LogP contribution in [0.1, 0.15) is 83.6 Å². The van der Waals surface area contributed by atoms with E-state index in [4.69, 9.17) is 4.74 Å². The predicted molar refractivity (Wildman–Crippen MR) is 100 cm³/mol. The van der Waals surface area contributed by atoms with Crippen LogP contribution in [-0.2, 0) is 5.41 Å². The van der Waals surface area contributed by atoms with Gasteiger partial charge in [-0.2, -0.15) is 5.26 Å². The zero-order valence-corrected chi connectivity index (χ0v) is 15.5. The van der Waals surface area contributed by atoms with Crippen LogP contribution in [0.4, 0.5) is 0 Å². The van der Waals surface area contributed by atoms with Crippen molar-refractivity contribution in [2.75, 3.05) is 6.61 Å². The van der Waals surface area contributed by atoms with Crippen LogP contribution in [0.25, 0.3) is 0 Å². The zero-order valence-electron chi connectivity index (χ0n) is 15.5. The van der Waals surface area contributed by atoms with Crippen molar-refractivity contribution in [3.05, 3.63) is 29.8 Å². The van der Waals surface area contributed by atoms with Crippen molar-refractivity contribution in [3.63, 3.8) is 0 Å². The molecule has 0 amide bonds. The molecule has 2 rings (SSSR count). The smallest absolute Gasteiger partial charge is 0.119 e. The minimum atomic E-state index is -0.274. The Balaban J connectivity index is 1.90. The van der Waals surface area contributed by atoms with Gasteiger partial charge in [-0.3, -0.25) is 0 Å². The normalized spacial score (nSPS) is 23.6. The van der Waals surface area contributed by atoms with Crippen molar-refractivity contribution >= 4 is 0 Å². The Labute approximate surface area is 148 Å². The largest absolute Gasteiger partial charge is 0.494 e. The van der Waals surface area contributed by atoms with Gasteiger partial charge in [-0.25, -0.2) is 0 Å². The summed E-state index contributed by atoms with van der Waals surface area (Å²) in [5.41, 5.74) is 0.905. The van der Waals surface area contributed by atoms with Gasteiger partial charge in [-0.05, 0) is 55.7 Å². The second-order valence-corrected chi connectivity index (χ2v) is 7.36. The van der Waals surface area contributed by atoms with Gasteiger partial charge >= 0.3 is 0 Å². The van der Waals surface area contributed by atoms with Crippen molar-refractivity contribution in [2.24, 2.45) is 5.92 Å². The van der Waals surface area contributed by atoms with E-state index in [1.165, 1.54) is 50.5 Å². The Morgan fingerprint density at radius 3 is 2.33 bits per heavy atom. The summed E-state index contributed by atoms with van der Waals surface area (Å²) in [6.45, 7) is 5.27. The molecule has 1 aromatic rings. The molecule has 0 heterocycles. The zero-order chi connectivity index (χ0) is 17.3. The standard InChI is InChI=1S/C22H33NO/c1-3-5-6-7-17-24-21-11-9-20(10-12-21)22(18-23)15-13-19(8-4-2)14-16-22/h9-12,19H,3-8,13-17H2,1-2H3. The Morgan fingerprint density at radius 1 is 1.04 bits per heavy atom. The third-order valence-corrected chi connectivity index (χ3v) is 5.54. The summed E-state index contributed by atoms with van der Waals surface area (Å²) in [6.07, 6.45) is 11.9. The maximum absolute atomic E-state index is 9.82. The molecule has 2 heteroatoms. The van der Waals surface area contributed by atoms with E-state index in [2.05, 4.69) is 32.0 Å². The summed E-state index contributed by atoms with van der Waals surface area (Å²) < 4.78 is 5.83. The van der Waals surface area contributed by atoms with Gasteiger partial charge in [0, 0.05) is 0 Å². The van der Waals surface area contributed by atoms with E-state index >= 15 is 0 Å². The number of nitriles is 1. The Morgan fingerprint density at radius 2 is 1.75 bits per heavy atom. The summed E-state index contributed by atoms with van der Waals surface area (Å²) in [7, 11) is 0. The minimum absolute atomic E-state index is 0.274. The number of benzene rings is 1. The lowest BCUT2D eigenvalue weighted by atomic mass is 9.67. The highest BCUT2D eigenvalue weighted by molar-refractivity contribution is 5.37. The number of unbranched alkanes of at least 4 members (excludes halogenated alkanes) is 3. The summed E-state index contributed by atoms with van der Waals surface area (Å²) in [5, 5.41) is 9.82. The molecule has 1 saturated carbocycles. The fourth-order valence-corrected chi connectivity index (χ4v) is 3.92. The Hall–Kier alpha value is -1.49. The molecular formula is C22H33NO. The molecule has 2 nitrogen and oxygen atoms in total. The summed E-state index contributed by atoms with van der Waals surface area (Å²) in [5.74, 6) is 1.75. The molecule has 1 aliphatic rings. The Bertz CT molecular complexity index is 506. The van der Waals surface area contributed by atoms with Crippen molar-refractivity contribution < 1.29 is 4.74 Å². The van der Waals surface area contributed by atoms with Gasteiger partial charge in [-0.1, -0.05) is 58.1 Å². The first-order valence-electron chi connectivity index (χ1n) is 9.88. The van der Waals surface area contributed by atoms with E-state index in [1.807, 2.05) is 12.1 Å². The summed E-state index contributed by atoms with van der Waals surface area (Å²) in [4.78, 5) is 0. The van der Waals surface area contributed by atoms with Gasteiger partial charge in [0.15, 0.2) is 0 Å². The third kappa shape index (κ3) is 5.00. The van der Waals surface area contributed by atoms with Gasteiger partial charge in [0.1, 0.15) is 5.75 Å². The lowest BCUT2D eigenvalue weighted by molar-refractivity contribution is 0.265. The quantitative estimate of drug-likeness (QED) is 0.492. The van der Waals surface area contributed by atoms with E-state index < -0.39 is 0 Å². The van der Waals surface area contributed by atoms with Crippen LogP contribution in [0, 0.1) is 17.2 Å². The molecule has 24 heavy (non-hydrogen) atoms. The number of ether oxygens (including phenoxy) is 1. The van der Waals surface area contributed by atoms with Crippen LogP contribution < -0.4 is 4.74 Å². The molecule has 0 unspecified atom stereocenters. The number of nitrogens with zero attached hydrogens (tertiary/aromatic N) is 1. The van der Waals surface area contributed by atoms with Gasteiger partial charge in [0.2, 0.25) is 0 Å². The average Bonchev–Trinajstić information content (AvgIpc) is 2.63. The van der Waals surface area contributed by atoms with E-state index in [0.29, 0.717) is 0 Å². The molecular weight excluding hydrogens is 294 g/mol. The van der Waals surface area contributed by atoms with Crippen LogP contribution in [0.3, 0.4) is 0 Å². The van der Waals surface area contributed by atoms with E-state index in [-0.39, 0.29) is 5.41 Å². The molecule has 0 aromatic heterocycles. The molecule has 0 saturated heterocycles. The van der Waals surface area contributed by atoms with Crippen LogP contribution in [0.15, 0.2) is 24.3 Å². The molecule has 0 N–H and O–H groups in total. The monoisotopic (exact) mass is 327 g/mol. The highest BCUT2D eigenvalue weighted by atomic mass is 16.5. The van der Waals surface area contributed by atoms with Crippen molar-refractivity contribution in [3.8, 4) is 11.8 Å².